The minimum atomic E-state index is -0.0725. The van der Waals surface area contributed by atoms with Crippen LogP contribution in [0.5, 0.6) is 0 Å². The van der Waals surface area contributed by atoms with Crippen molar-refractivity contribution in [3.05, 3.63) is 54.6 Å². The summed E-state index contributed by atoms with van der Waals surface area (Å²) < 4.78 is 0. The fourth-order valence-corrected chi connectivity index (χ4v) is 3.25. The van der Waals surface area contributed by atoms with Gasteiger partial charge in [0.05, 0.1) is 17.0 Å². The van der Waals surface area contributed by atoms with Gasteiger partial charge < -0.3 is 4.98 Å². The van der Waals surface area contributed by atoms with Crippen LogP contribution >= 0.6 is 11.8 Å². The number of H-pyrrole nitrogens is 1. The van der Waals surface area contributed by atoms with Crippen molar-refractivity contribution in [3.8, 4) is 17.3 Å². The molecule has 0 saturated heterocycles. The summed E-state index contributed by atoms with van der Waals surface area (Å²) in [5.41, 5.74) is 3.36. The quantitative estimate of drug-likeness (QED) is 0.696. The zero-order valence-electron chi connectivity index (χ0n) is 11.1. The second-order valence-electron chi connectivity index (χ2n) is 4.63. The Labute approximate surface area is 122 Å². The summed E-state index contributed by atoms with van der Waals surface area (Å²) in [6.45, 7) is 1.93. The molecule has 0 aliphatic rings. The minimum Gasteiger partial charge on any atom is -0.354 e. The molecule has 0 fully saturated rings. The number of aromatic amines is 1. The second kappa shape index (κ2) is 5.44. The smallest absolute Gasteiger partial charge is 0.0936 e. The van der Waals surface area contributed by atoms with Crippen LogP contribution in [0.15, 0.2) is 59.5 Å². The van der Waals surface area contributed by atoms with Gasteiger partial charge in [0.15, 0.2) is 0 Å². The third-order valence-corrected chi connectivity index (χ3v) is 4.32. The molecule has 0 saturated carbocycles. The third kappa shape index (κ3) is 2.31. The Hall–Kier alpha value is -2.18. The molecule has 3 heteroatoms. The van der Waals surface area contributed by atoms with Crippen LogP contribution in [-0.4, -0.2) is 10.2 Å². The normalized spacial score (nSPS) is 12.2. The highest BCUT2D eigenvalue weighted by Crippen LogP contribution is 2.39. The van der Waals surface area contributed by atoms with Gasteiger partial charge in [-0.15, -0.1) is 11.8 Å². The Morgan fingerprint density at radius 2 is 1.75 bits per heavy atom. The van der Waals surface area contributed by atoms with E-state index < -0.39 is 0 Å². The molecule has 1 aromatic heterocycles. The number of para-hydroxylation sites is 1. The third-order valence-electron chi connectivity index (χ3n) is 3.20. The topological polar surface area (TPSA) is 39.6 Å². The van der Waals surface area contributed by atoms with Gasteiger partial charge in [-0.05, 0) is 18.6 Å². The Balaban J connectivity index is 2.20. The Bertz CT molecular complexity index is 769. The number of fused-ring (bicyclic) bond motifs is 1. The van der Waals surface area contributed by atoms with Crippen LogP contribution < -0.4 is 0 Å². The fraction of sp³-hybridized carbons (Fsp3) is 0.118. The van der Waals surface area contributed by atoms with E-state index in [1.165, 1.54) is 5.39 Å². The van der Waals surface area contributed by atoms with Gasteiger partial charge in [-0.1, -0.05) is 48.5 Å². The van der Waals surface area contributed by atoms with Gasteiger partial charge in [0, 0.05) is 15.8 Å². The van der Waals surface area contributed by atoms with E-state index in [0.717, 1.165) is 21.7 Å². The Kier molecular flexibility index (Phi) is 3.49. The van der Waals surface area contributed by atoms with Crippen LogP contribution in [0.4, 0.5) is 0 Å². The van der Waals surface area contributed by atoms with Gasteiger partial charge in [0.2, 0.25) is 0 Å². The van der Waals surface area contributed by atoms with Crippen LogP contribution in [-0.2, 0) is 0 Å². The first kappa shape index (κ1) is 12.8. The molecule has 3 rings (SSSR count). The number of hydrogen-bond donors (Lipinski definition) is 1. The maximum Gasteiger partial charge on any atom is 0.0936 e. The number of nitriles is 1. The lowest BCUT2D eigenvalue weighted by Gasteiger charge is -2.06. The van der Waals surface area contributed by atoms with Crippen molar-refractivity contribution >= 4 is 22.7 Å². The number of benzene rings is 2. The number of thioether (sulfide) groups is 1. The lowest BCUT2D eigenvalue weighted by atomic mass is 10.1. The number of nitrogens with one attached hydrogen (secondary N) is 1. The predicted molar refractivity (Wildman–Crippen MR) is 84.7 cm³/mol. The van der Waals surface area contributed by atoms with E-state index in [1.807, 2.05) is 37.3 Å². The van der Waals surface area contributed by atoms with Gasteiger partial charge in [-0.3, -0.25) is 0 Å². The predicted octanol–water partition coefficient (Wildman–Crippen LogP) is 4.84. The van der Waals surface area contributed by atoms with Crippen molar-refractivity contribution in [1.29, 1.82) is 5.26 Å². The van der Waals surface area contributed by atoms with E-state index in [9.17, 15) is 0 Å². The lowest BCUT2D eigenvalue weighted by molar-refractivity contribution is 1.24. The van der Waals surface area contributed by atoms with Crippen molar-refractivity contribution < 1.29 is 0 Å². The van der Waals surface area contributed by atoms with E-state index in [0.29, 0.717) is 0 Å². The number of aromatic nitrogens is 1. The molecule has 2 nitrogen and oxygen atoms in total. The molecule has 0 aliphatic carbocycles. The Morgan fingerprint density at radius 3 is 2.50 bits per heavy atom. The summed E-state index contributed by atoms with van der Waals surface area (Å²) in [7, 11) is 0. The summed E-state index contributed by atoms with van der Waals surface area (Å²) >= 11 is 1.61. The molecule has 1 atom stereocenters. The molecule has 20 heavy (non-hydrogen) atoms. The van der Waals surface area contributed by atoms with Crippen LogP contribution in [0.3, 0.4) is 0 Å². The maximum absolute atomic E-state index is 9.09. The zero-order chi connectivity index (χ0) is 13.9. The standard InChI is InChI=1S/C17H14N2S/c1-12(11-18)20-17-14-9-5-6-10-15(14)19-16(17)13-7-3-2-4-8-13/h2-10,12,19H,1H3. The molecular weight excluding hydrogens is 264 g/mol. The molecular formula is C17H14N2S. The molecule has 0 radical (unpaired) electrons. The van der Waals surface area contributed by atoms with Gasteiger partial charge in [0.25, 0.3) is 0 Å². The molecule has 98 valence electrons. The molecule has 0 bridgehead atoms. The van der Waals surface area contributed by atoms with Crippen LogP contribution in [0.1, 0.15) is 6.92 Å². The number of rotatable bonds is 3. The molecule has 0 spiro atoms. The van der Waals surface area contributed by atoms with Gasteiger partial charge >= 0.3 is 0 Å². The molecule has 1 heterocycles. The van der Waals surface area contributed by atoms with Gasteiger partial charge in [-0.2, -0.15) is 5.26 Å². The average molecular weight is 278 g/mol. The second-order valence-corrected chi connectivity index (χ2v) is 5.98. The first-order chi connectivity index (χ1) is 9.79. The van der Waals surface area contributed by atoms with Crippen LogP contribution in [0.2, 0.25) is 0 Å². The van der Waals surface area contributed by atoms with E-state index in [4.69, 9.17) is 5.26 Å². The molecule has 3 aromatic rings. The van der Waals surface area contributed by atoms with Gasteiger partial charge in [0.1, 0.15) is 0 Å². The summed E-state index contributed by atoms with van der Waals surface area (Å²) in [6, 6.07) is 20.8. The van der Waals surface area contributed by atoms with Crippen molar-refractivity contribution in [2.75, 3.05) is 0 Å². The lowest BCUT2D eigenvalue weighted by Crippen LogP contribution is -1.90. The van der Waals surface area contributed by atoms with Gasteiger partial charge in [-0.25, -0.2) is 0 Å². The highest BCUT2D eigenvalue weighted by molar-refractivity contribution is 8.00. The maximum atomic E-state index is 9.09. The fourth-order valence-electron chi connectivity index (χ4n) is 2.25. The van der Waals surface area contributed by atoms with Crippen molar-refractivity contribution in [2.24, 2.45) is 0 Å². The highest BCUT2D eigenvalue weighted by atomic mass is 32.2. The van der Waals surface area contributed by atoms with Crippen LogP contribution in [0, 0.1) is 11.3 Å². The zero-order valence-corrected chi connectivity index (χ0v) is 11.9. The minimum absolute atomic E-state index is 0.0725. The number of hydrogen-bond acceptors (Lipinski definition) is 2. The molecule has 0 aliphatic heterocycles. The van der Waals surface area contributed by atoms with E-state index in [-0.39, 0.29) is 5.25 Å². The molecule has 1 N–H and O–H groups in total. The number of nitrogens with zero attached hydrogens (tertiary/aromatic N) is 1. The monoisotopic (exact) mass is 278 g/mol. The largest absolute Gasteiger partial charge is 0.354 e. The van der Waals surface area contributed by atoms with E-state index in [1.54, 1.807) is 11.8 Å². The summed E-state index contributed by atoms with van der Waals surface area (Å²) in [4.78, 5) is 4.63. The average Bonchev–Trinajstić information content (AvgIpc) is 2.87. The summed E-state index contributed by atoms with van der Waals surface area (Å²) in [6.07, 6.45) is 0. The van der Waals surface area contributed by atoms with E-state index in [2.05, 4.69) is 35.3 Å². The summed E-state index contributed by atoms with van der Waals surface area (Å²) in [5.74, 6) is 0. The van der Waals surface area contributed by atoms with Crippen LogP contribution in [0.25, 0.3) is 22.2 Å². The summed E-state index contributed by atoms with van der Waals surface area (Å²) in [5, 5.41) is 10.2. The highest BCUT2D eigenvalue weighted by Gasteiger charge is 2.15. The van der Waals surface area contributed by atoms with Crippen molar-refractivity contribution in [1.82, 2.24) is 4.98 Å². The first-order valence-electron chi connectivity index (χ1n) is 6.52. The molecule has 0 amide bonds. The van der Waals surface area contributed by atoms with E-state index >= 15 is 0 Å². The SMILES string of the molecule is CC(C#N)Sc1c(-c2ccccc2)[nH]c2ccccc12. The molecule has 2 aromatic carbocycles. The van der Waals surface area contributed by atoms with Crippen molar-refractivity contribution in [2.45, 2.75) is 17.1 Å². The van der Waals surface area contributed by atoms with Crippen molar-refractivity contribution in [3.63, 3.8) is 0 Å². The first-order valence-corrected chi connectivity index (χ1v) is 7.40. The Morgan fingerprint density at radius 1 is 1.05 bits per heavy atom. The molecule has 1 unspecified atom stereocenters.